The van der Waals surface area contributed by atoms with Crippen LogP contribution in [0.2, 0.25) is 4.34 Å². The number of nitrogens with one attached hydrogen (secondary N) is 1. The Balaban J connectivity index is 0.00000208. The Morgan fingerprint density at radius 1 is 1.54 bits per heavy atom. The third-order valence-electron chi connectivity index (χ3n) is 3.72. The van der Waals surface area contributed by atoms with Gasteiger partial charge < -0.3 is 15.0 Å². The fourth-order valence-electron chi connectivity index (χ4n) is 2.59. The van der Waals surface area contributed by atoms with E-state index in [1.807, 2.05) is 31.6 Å². The highest BCUT2D eigenvalue weighted by molar-refractivity contribution is 14.0. The van der Waals surface area contributed by atoms with E-state index < -0.39 is 0 Å². The third kappa shape index (κ3) is 4.84. The first-order valence-corrected chi connectivity index (χ1v) is 8.65. The third-order valence-corrected chi connectivity index (χ3v) is 4.96. The van der Waals surface area contributed by atoms with Crippen LogP contribution in [0.1, 0.15) is 16.5 Å². The van der Waals surface area contributed by atoms with Gasteiger partial charge in [-0.15, -0.1) is 35.3 Å². The number of hydrogen-bond acceptors (Lipinski definition) is 4. The topological polar surface area (TPSA) is 54.7 Å². The van der Waals surface area contributed by atoms with Crippen LogP contribution < -0.4 is 5.32 Å². The Morgan fingerprint density at radius 2 is 2.38 bits per heavy atom. The lowest BCUT2D eigenvalue weighted by molar-refractivity contribution is -0.00804. The van der Waals surface area contributed by atoms with E-state index in [0.717, 1.165) is 35.5 Å². The van der Waals surface area contributed by atoms with Crippen LogP contribution in [0.4, 0.5) is 0 Å². The van der Waals surface area contributed by atoms with Crippen molar-refractivity contribution < 1.29 is 4.74 Å². The van der Waals surface area contributed by atoms with Gasteiger partial charge in [0.05, 0.1) is 30.2 Å². The molecule has 1 aliphatic rings. The Hall–Kier alpha value is -0.840. The molecule has 0 aliphatic carbocycles. The minimum Gasteiger partial charge on any atom is -0.370 e. The number of thiophene rings is 1. The van der Waals surface area contributed by atoms with E-state index in [2.05, 4.69) is 20.3 Å². The van der Waals surface area contributed by atoms with Gasteiger partial charge in [-0.3, -0.25) is 9.67 Å². The zero-order chi connectivity index (χ0) is 16.2. The zero-order valence-electron chi connectivity index (χ0n) is 13.6. The molecule has 0 spiro atoms. The molecular weight excluding hydrogens is 461 g/mol. The van der Waals surface area contributed by atoms with Crippen molar-refractivity contribution in [3.63, 3.8) is 0 Å². The van der Waals surface area contributed by atoms with Crippen molar-refractivity contribution in [1.29, 1.82) is 0 Å². The molecule has 0 radical (unpaired) electrons. The summed E-state index contributed by atoms with van der Waals surface area (Å²) in [6.07, 6.45) is 3.88. The SMILES string of the molecule is CN=C(NCc1ccc(Cl)s1)N1CCOC(c2cnn(C)c2)C1.I. The monoisotopic (exact) mass is 481 g/mol. The van der Waals surface area contributed by atoms with Crippen molar-refractivity contribution in [2.24, 2.45) is 12.0 Å². The van der Waals surface area contributed by atoms with Crippen molar-refractivity contribution in [2.45, 2.75) is 12.6 Å². The van der Waals surface area contributed by atoms with Crippen LogP contribution in [0.15, 0.2) is 29.5 Å². The Kier molecular flexibility index (Phi) is 7.33. The smallest absolute Gasteiger partial charge is 0.194 e. The molecule has 1 saturated heterocycles. The van der Waals surface area contributed by atoms with E-state index in [0.29, 0.717) is 6.61 Å². The molecule has 1 fully saturated rings. The number of aryl methyl sites for hydroxylation is 1. The van der Waals surface area contributed by atoms with Crippen LogP contribution >= 0.6 is 46.9 Å². The summed E-state index contributed by atoms with van der Waals surface area (Å²) in [6.45, 7) is 2.97. The summed E-state index contributed by atoms with van der Waals surface area (Å²) in [5, 5.41) is 7.62. The second kappa shape index (κ2) is 9.02. The first-order chi connectivity index (χ1) is 11.2. The van der Waals surface area contributed by atoms with Gasteiger partial charge in [-0.05, 0) is 12.1 Å². The number of aliphatic imine (C=N–C) groups is 1. The predicted molar refractivity (Wildman–Crippen MR) is 108 cm³/mol. The highest BCUT2D eigenvalue weighted by Crippen LogP contribution is 2.23. The molecule has 1 N–H and O–H groups in total. The average molecular weight is 482 g/mol. The van der Waals surface area contributed by atoms with Crippen LogP contribution in [0.25, 0.3) is 0 Å². The fraction of sp³-hybridized carbons (Fsp3) is 0.467. The molecule has 9 heteroatoms. The molecule has 24 heavy (non-hydrogen) atoms. The first-order valence-electron chi connectivity index (χ1n) is 7.45. The molecule has 0 bridgehead atoms. The minimum absolute atomic E-state index is 0. The van der Waals surface area contributed by atoms with E-state index in [1.165, 1.54) is 4.88 Å². The van der Waals surface area contributed by atoms with Crippen LogP contribution in [0.5, 0.6) is 0 Å². The van der Waals surface area contributed by atoms with Crippen molar-refractivity contribution in [3.05, 3.63) is 39.3 Å². The Bertz CT molecular complexity index is 689. The molecule has 0 aromatic carbocycles. The van der Waals surface area contributed by atoms with E-state index in [4.69, 9.17) is 16.3 Å². The lowest BCUT2D eigenvalue weighted by Crippen LogP contribution is -2.47. The predicted octanol–water partition coefficient (Wildman–Crippen LogP) is 2.90. The molecule has 3 heterocycles. The van der Waals surface area contributed by atoms with Gasteiger partial charge in [0.25, 0.3) is 0 Å². The van der Waals surface area contributed by atoms with Crippen LogP contribution in [-0.4, -0.2) is 47.4 Å². The second-order valence-electron chi connectivity index (χ2n) is 5.36. The maximum absolute atomic E-state index is 5.97. The average Bonchev–Trinajstić information content (AvgIpc) is 3.17. The van der Waals surface area contributed by atoms with E-state index in [-0.39, 0.29) is 30.1 Å². The molecule has 1 atom stereocenters. The molecule has 3 rings (SSSR count). The zero-order valence-corrected chi connectivity index (χ0v) is 17.5. The highest BCUT2D eigenvalue weighted by atomic mass is 127. The Morgan fingerprint density at radius 3 is 3.00 bits per heavy atom. The summed E-state index contributed by atoms with van der Waals surface area (Å²) < 4.78 is 8.48. The van der Waals surface area contributed by atoms with E-state index >= 15 is 0 Å². The lowest BCUT2D eigenvalue weighted by Gasteiger charge is -2.34. The Labute approximate surface area is 167 Å². The van der Waals surface area contributed by atoms with Gasteiger partial charge >= 0.3 is 0 Å². The summed E-state index contributed by atoms with van der Waals surface area (Å²) in [4.78, 5) is 7.80. The van der Waals surface area contributed by atoms with Gasteiger partial charge in [0.15, 0.2) is 5.96 Å². The van der Waals surface area contributed by atoms with Crippen molar-refractivity contribution >= 4 is 52.9 Å². The number of hydrogen-bond donors (Lipinski definition) is 1. The molecule has 1 unspecified atom stereocenters. The summed E-state index contributed by atoms with van der Waals surface area (Å²) in [5.41, 5.74) is 1.10. The molecular formula is C15H21ClIN5OS. The van der Waals surface area contributed by atoms with Crippen LogP contribution in [0, 0.1) is 0 Å². The van der Waals surface area contributed by atoms with Crippen molar-refractivity contribution in [3.8, 4) is 0 Å². The number of nitrogens with zero attached hydrogens (tertiary/aromatic N) is 4. The van der Waals surface area contributed by atoms with Gasteiger partial charge in [-0.2, -0.15) is 5.10 Å². The number of halogens is 2. The maximum Gasteiger partial charge on any atom is 0.194 e. The summed E-state index contributed by atoms with van der Waals surface area (Å²) in [7, 11) is 3.72. The second-order valence-corrected chi connectivity index (χ2v) is 7.16. The number of morpholine rings is 1. The number of ether oxygens (including phenoxy) is 1. The molecule has 1 aliphatic heterocycles. The maximum atomic E-state index is 5.97. The van der Waals surface area contributed by atoms with E-state index in [9.17, 15) is 0 Å². The van der Waals surface area contributed by atoms with Gasteiger partial charge in [0, 0.05) is 37.3 Å². The highest BCUT2D eigenvalue weighted by Gasteiger charge is 2.25. The van der Waals surface area contributed by atoms with Gasteiger partial charge in [-0.1, -0.05) is 11.6 Å². The lowest BCUT2D eigenvalue weighted by atomic mass is 10.1. The number of rotatable bonds is 3. The van der Waals surface area contributed by atoms with E-state index in [1.54, 1.807) is 23.1 Å². The largest absolute Gasteiger partial charge is 0.370 e. The normalized spacial score (nSPS) is 18.4. The molecule has 132 valence electrons. The molecule has 2 aromatic rings. The summed E-state index contributed by atoms with van der Waals surface area (Å²) in [5.74, 6) is 0.881. The van der Waals surface area contributed by atoms with Crippen molar-refractivity contribution in [2.75, 3.05) is 26.7 Å². The number of guanidine groups is 1. The van der Waals surface area contributed by atoms with Gasteiger partial charge in [0.2, 0.25) is 0 Å². The summed E-state index contributed by atoms with van der Waals surface area (Å²) >= 11 is 7.55. The minimum atomic E-state index is 0. The molecule has 0 saturated carbocycles. The van der Waals surface area contributed by atoms with Crippen molar-refractivity contribution in [1.82, 2.24) is 20.0 Å². The number of aromatic nitrogens is 2. The fourth-order valence-corrected chi connectivity index (χ4v) is 3.62. The van der Waals surface area contributed by atoms with Crippen LogP contribution in [0.3, 0.4) is 0 Å². The molecule has 2 aromatic heterocycles. The molecule has 6 nitrogen and oxygen atoms in total. The van der Waals surface area contributed by atoms with Crippen LogP contribution in [-0.2, 0) is 18.3 Å². The standard InChI is InChI=1S/C15H20ClN5OS.HI/c1-17-15(18-8-12-3-4-14(16)23-12)21-5-6-22-13(10-21)11-7-19-20(2)9-11;/h3-4,7,9,13H,5-6,8,10H2,1-2H3,(H,17,18);1H. The van der Waals surface area contributed by atoms with Gasteiger partial charge in [-0.25, -0.2) is 0 Å². The quantitative estimate of drug-likeness (QED) is 0.416. The van der Waals surface area contributed by atoms with Gasteiger partial charge in [0.1, 0.15) is 6.10 Å². The molecule has 0 amide bonds. The first kappa shape index (κ1) is 19.5. The summed E-state index contributed by atoms with van der Waals surface area (Å²) in [6, 6.07) is 3.95.